The maximum absolute atomic E-state index is 13.9. The van der Waals surface area contributed by atoms with Gasteiger partial charge in [0.05, 0.1) is 12.1 Å². The van der Waals surface area contributed by atoms with Gasteiger partial charge in [-0.25, -0.2) is 4.39 Å². The second kappa shape index (κ2) is 8.20. The van der Waals surface area contributed by atoms with Crippen molar-refractivity contribution in [2.75, 3.05) is 43.0 Å². The van der Waals surface area contributed by atoms with Crippen LogP contribution >= 0.6 is 0 Å². The van der Waals surface area contributed by atoms with E-state index in [-0.39, 0.29) is 17.6 Å². The second-order valence-corrected chi connectivity index (χ2v) is 6.74. The molecule has 2 aromatic rings. The topological polar surface area (TPSA) is 43.9 Å². The molecule has 3 rings (SSSR count). The molecule has 1 saturated heterocycles. The number of para-hydroxylation sites is 1. The minimum atomic E-state index is -0.229. The number of anilines is 2. The van der Waals surface area contributed by atoms with Crippen LogP contribution in [0.4, 0.5) is 15.8 Å². The fourth-order valence-electron chi connectivity index (χ4n) is 3.21. The first kappa shape index (κ1) is 18.9. The molecule has 0 aromatic heterocycles. The second-order valence-electron chi connectivity index (χ2n) is 6.74. The third-order valence-corrected chi connectivity index (χ3v) is 4.98. The molecule has 1 fully saturated rings. The first-order valence-electron chi connectivity index (χ1n) is 9.06. The third-order valence-electron chi connectivity index (χ3n) is 4.98. The Labute approximate surface area is 159 Å². The number of hydrogen-bond acceptors (Lipinski definition) is 3. The summed E-state index contributed by atoms with van der Waals surface area (Å²) in [6.07, 6.45) is 0.323. The molecule has 0 radical (unpaired) electrons. The molecular weight excluding hydrogens is 345 g/mol. The normalized spacial score (nSPS) is 14.2. The van der Waals surface area contributed by atoms with Crippen molar-refractivity contribution in [3.05, 3.63) is 59.9 Å². The lowest BCUT2D eigenvalue weighted by Gasteiger charge is -2.36. The van der Waals surface area contributed by atoms with Crippen LogP contribution in [-0.4, -0.2) is 49.9 Å². The van der Waals surface area contributed by atoms with E-state index in [1.165, 1.54) is 13.0 Å². The smallest absolute Gasteiger partial charge is 0.227 e. The van der Waals surface area contributed by atoms with E-state index in [2.05, 4.69) is 0 Å². The number of piperazine rings is 1. The maximum atomic E-state index is 13.9. The zero-order chi connectivity index (χ0) is 19.4. The summed E-state index contributed by atoms with van der Waals surface area (Å²) in [5.74, 6) is -0.199. The highest BCUT2D eigenvalue weighted by Gasteiger charge is 2.22. The van der Waals surface area contributed by atoms with Gasteiger partial charge in [0.25, 0.3) is 0 Å². The maximum Gasteiger partial charge on any atom is 0.227 e. The lowest BCUT2D eigenvalue weighted by atomic mass is 10.1. The van der Waals surface area contributed by atoms with Crippen LogP contribution in [0.15, 0.2) is 48.5 Å². The molecule has 142 valence electrons. The molecule has 0 N–H and O–H groups in total. The first-order chi connectivity index (χ1) is 13.0. The van der Waals surface area contributed by atoms with Crippen molar-refractivity contribution in [2.24, 2.45) is 0 Å². The summed E-state index contributed by atoms with van der Waals surface area (Å²) < 4.78 is 13.9. The Hall–Kier alpha value is -2.89. The summed E-state index contributed by atoms with van der Waals surface area (Å²) >= 11 is 0. The zero-order valence-corrected chi connectivity index (χ0v) is 15.7. The minimum Gasteiger partial charge on any atom is -0.366 e. The number of rotatable bonds is 4. The zero-order valence-electron chi connectivity index (χ0n) is 15.7. The molecule has 0 bridgehead atoms. The van der Waals surface area contributed by atoms with Gasteiger partial charge in [0, 0.05) is 45.8 Å². The van der Waals surface area contributed by atoms with Gasteiger partial charge in [-0.05, 0) is 29.8 Å². The Morgan fingerprint density at radius 3 is 2.22 bits per heavy atom. The van der Waals surface area contributed by atoms with Crippen molar-refractivity contribution in [2.45, 2.75) is 13.3 Å². The quantitative estimate of drug-likeness (QED) is 0.832. The number of benzene rings is 2. The molecule has 2 amide bonds. The molecule has 6 heteroatoms. The molecule has 1 heterocycles. The lowest BCUT2D eigenvalue weighted by Crippen LogP contribution is -2.49. The number of carbonyl (C=O) groups excluding carboxylic acids is 2. The van der Waals surface area contributed by atoms with Crippen molar-refractivity contribution < 1.29 is 14.0 Å². The first-order valence-corrected chi connectivity index (χ1v) is 9.06. The summed E-state index contributed by atoms with van der Waals surface area (Å²) in [7, 11) is 1.72. The number of amides is 2. The average molecular weight is 369 g/mol. The summed E-state index contributed by atoms with van der Waals surface area (Å²) in [4.78, 5) is 29.3. The van der Waals surface area contributed by atoms with Crippen molar-refractivity contribution in [1.82, 2.24) is 4.90 Å². The molecule has 1 aliphatic rings. The van der Waals surface area contributed by atoms with Crippen molar-refractivity contribution in [3.8, 4) is 0 Å². The van der Waals surface area contributed by atoms with Gasteiger partial charge >= 0.3 is 0 Å². The van der Waals surface area contributed by atoms with Crippen LogP contribution in [0.5, 0.6) is 0 Å². The van der Waals surface area contributed by atoms with E-state index < -0.39 is 0 Å². The number of hydrogen-bond donors (Lipinski definition) is 0. The van der Waals surface area contributed by atoms with Gasteiger partial charge in [-0.1, -0.05) is 24.3 Å². The third kappa shape index (κ3) is 4.45. The van der Waals surface area contributed by atoms with Crippen LogP contribution < -0.4 is 9.80 Å². The van der Waals surface area contributed by atoms with E-state index in [0.29, 0.717) is 38.3 Å². The Bertz CT molecular complexity index is 814. The highest BCUT2D eigenvalue weighted by Crippen LogP contribution is 2.21. The van der Waals surface area contributed by atoms with Crippen molar-refractivity contribution >= 4 is 23.2 Å². The Morgan fingerprint density at radius 2 is 1.63 bits per heavy atom. The van der Waals surface area contributed by atoms with Crippen LogP contribution in [0.3, 0.4) is 0 Å². The van der Waals surface area contributed by atoms with Crippen molar-refractivity contribution in [3.63, 3.8) is 0 Å². The van der Waals surface area contributed by atoms with E-state index in [1.807, 2.05) is 40.1 Å². The number of halogens is 1. The molecule has 0 atom stereocenters. The highest BCUT2D eigenvalue weighted by molar-refractivity contribution is 5.90. The molecule has 1 aliphatic heterocycles. The van der Waals surface area contributed by atoms with Gasteiger partial charge in [-0.15, -0.1) is 0 Å². The van der Waals surface area contributed by atoms with Crippen LogP contribution in [0, 0.1) is 5.82 Å². The van der Waals surface area contributed by atoms with Crippen LogP contribution in [0.1, 0.15) is 12.5 Å². The van der Waals surface area contributed by atoms with Gasteiger partial charge in [0.2, 0.25) is 11.8 Å². The number of nitrogens with zero attached hydrogens (tertiary/aromatic N) is 3. The van der Waals surface area contributed by atoms with Crippen LogP contribution in [0.25, 0.3) is 0 Å². The van der Waals surface area contributed by atoms with Crippen LogP contribution in [-0.2, 0) is 16.0 Å². The summed E-state index contributed by atoms with van der Waals surface area (Å²) in [6, 6.07) is 14.2. The predicted octanol–water partition coefficient (Wildman–Crippen LogP) is 2.70. The lowest BCUT2D eigenvalue weighted by molar-refractivity contribution is -0.130. The largest absolute Gasteiger partial charge is 0.366 e. The van der Waals surface area contributed by atoms with Crippen molar-refractivity contribution in [1.29, 1.82) is 0 Å². The standard InChI is InChI=1S/C21H24FN3O2/c1-16(26)23(2)18-9-7-17(8-10-18)15-21(27)25-13-11-24(12-14-25)20-6-4-3-5-19(20)22/h3-10H,11-15H2,1-2H3. The van der Waals surface area contributed by atoms with E-state index in [1.54, 1.807) is 24.1 Å². The molecule has 0 aliphatic carbocycles. The Balaban J connectivity index is 1.55. The van der Waals surface area contributed by atoms with Crippen LogP contribution in [0.2, 0.25) is 0 Å². The fourth-order valence-corrected chi connectivity index (χ4v) is 3.21. The Morgan fingerprint density at radius 1 is 1.00 bits per heavy atom. The van der Waals surface area contributed by atoms with Gasteiger partial charge in [0.15, 0.2) is 0 Å². The summed E-state index contributed by atoms with van der Waals surface area (Å²) in [5.41, 5.74) is 2.31. The number of carbonyl (C=O) groups is 2. The summed E-state index contributed by atoms with van der Waals surface area (Å²) in [5, 5.41) is 0. The predicted molar refractivity (Wildman–Crippen MR) is 104 cm³/mol. The van der Waals surface area contributed by atoms with Gasteiger partial charge < -0.3 is 14.7 Å². The van der Waals surface area contributed by atoms with E-state index >= 15 is 0 Å². The summed E-state index contributed by atoms with van der Waals surface area (Å²) in [6.45, 7) is 3.92. The van der Waals surface area contributed by atoms with E-state index in [4.69, 9.17) is 0 Å². The molecule has 0 spiro atoms. The molecule has 5 nitrogen and oxygen atoms in total. The van der Waals surface area contributed by atoms with E-state index in [9.17, 15) is 14.0 Å². The fraction of sp³-hybridized carbons (Fsp3) is 0.333. The average Bonchev–Trinajstić information content (AvgIpc) is 2.68. The molecule has 27 heavy (non-hydrogen) atoms. The molecule has 0 unspecified atom stereocenters. The monoisotopic (exact) mass is 369 g/mol. The van der Waals surface area contributed by atoms with E-state index in [0.717, 1.165) is 11.3 Å². The SMILES string of the molecule is CC(=O)N(C)c1ccc(CC(=O)N2CCN(c3ccccc3F)CC2)cc1. The van der Waals surface area contributed by atoms with Gasteiger partial charge in [-0.2, -0.15) is 0 Å². The minimum absolute atomic E-state index is 0.0356. The van der Waals surface area contributed by atoms with Gasteiger partial charge in [0.1, 0.15) is 5.82 Å². The molecule has 2 aromatic carbocycles. The van der Waals surface area contributed by atoms with Gasteiger partial charge in [-0.3, -0.25) is 9.59 Å². The molecular formula is C21H24FN3O2. The molecule has 0 saturated carbocycles. The Kier molecular flexibility index (Phi) is 5.74. The highest BCUT2D eigenvalue weighted by atomic mass is 19.1.